The molecular weight excluding hydrogens is 399 g/mol. The summed E-state index contributed by atoms with van der Waals surface area (Å²) in [6.07, 6.45) is 4.42. The van der Waals surface area contributed by atoms with E-state index in [-0.39, 0.29) is 11.7 Å². The van der Waals surface area contributed by atoms with Gasteiger partial charge in [-0.15, -0.1) is 11.3 Å². The summed E-state index contributed by atoms with van der Waals surface area (Å²) >= 11 is 1.43. The van der Waals surface area contributed by atoms with Crippen molar-refractivity contribution < 1.29 is 9.18 Å². The number of aromatic nitrogens is 2. The van der Waals surface area contributed by atoms with Crippen molar-refractivity contribution in [3.8, 4) is 0 Å². The number of likely N-dealkylation sites (tertiary alicyclic amines) is 1. The predicted octanol–water partition coefficient (Wildman–Crippen LogP) is 4.39. The van der Waals surface area contributed by atoms with E-state index in [1.54, 1.807) is 6.20 Å². The Bertz CT molecular complexity index is 983. The normalized spacial score (nSPS) is 15.3. The highest BCUT2D eigenvalue weighted by molar-refractivity contribution is 7.13. The number of nitrogens with one attached hydrogen (secondary N) is 1. The molecule has 0 bridgehead atoms. The van der Waals surface area contributed by atoms with Gasteiger partial charge >= 0.3 is 0 Å². The number of thiazole rings is 1. The van der Waals surface area contributed by atoms with Crippen LogP contribution in [-0.2, 0) is 11.2 Å². The molecule has 1 aliphatic rings. The van der Waals surface area contributed by atoms with Crippen LogP contribution in [0, 0.1) is 12.7 Å². The monoisotopic (exact) mass is 424 g/mol. The molecule has 0 spiro atoms. The maximum atomic E-state index is 13.2. The Labute approximate surface area is 180 Å². The fourth-order valence-corrected chi connectivity index (χ4v) is 4.50. The number of amides is 1. The standard InChI is InChI=1S/C23H25FN4OS/c1-16-12-18(13-17-2-4-20(24)5-3-17)14-21(26-16)19-6-9-28(10-7-19)15-22(29)27-23-25-8-11-30-23/h2-5,8,11-12,14,19H,6-7,9-10,13,15H2,1H3,(H,25,27,29). The van der Waals surface area contributed by atoms with E-state index >= 15 is 0 Å². The molecule has 1 fully saturated rings. The molecule has 0 atom stereocenters. The lowest BCUT2D eigenvalue weighted by Crippen LogP contribution is -2.38. The van der Waals surface area contributed by atoms with Crippen molar-refractivity contribution in [1.29, 1.82) is 0 Å². The first-order valence-corrected chi connectivity index (χ1v) is 11.1. The van der Waals surface area contributed by atoms with Crippen LogP contribution < -0.4 is 5.32 Å². The van der Waals surface area contributed by atoms with Gasteiger partial charge in [-0.2, -0.15) is 0 Å². The molecule has 30 heavy (non-hydrogen) atoms. The average molecular weight is 425 g/mol. The first-order chi connectivity index (χ1) is 14.5. The molecule has 3 heterocycles. The van der Waals surface area contributed by atoms with Crippen molar-refractivity contribution in [1.82, 2.24) is 14.9 Å². The van der Waals surface area contributed by atoms with E-state index in [1.807, 2.05) is 24.4 Å². The lowest BCUT2D eigenvalue weighted by atomic mass is 9.91. The van der Waals surface area contributed by atoms with E-state index in [9.17, 15) is 9.18 Å². The van der Waals surface area contributed by atoms with Gasteiger partial charge in [0, 0.05) is 28.9 Å². The van der Waals surface area contributed by atoms with E-state index < -0.39 is 0 Å². The summed E-state index contributed by atoms with van der Waals surface area (Å²) in [5, 5.41) is 5.34. The molecule has 156 valence electrons. The number of carbonyl (C=O) groups excluding carboxylic acids is 1. The summed E-state index contributed by atoms with van der Waals surface area (Å²) in [4.78, 5) is 23.3. The van der Waals surface area contributed by atoms with Crippen LogP contribution in [0.25, 0.3) is 0 Å². The highest BCUT2D eigenvalue weighted by atomic mass is 32.1. The number of pyridine rings is 1. The quantitative estimate of drug-likeness (QED) is 0.637. The van der Waals surface area contributed by atoms with Crippen LogP contribution in [0.5, 0.6) is 0 Å². The van der Waals surface area contributed by atoms with Gasteiger partial charge in [-0.1, -0.05) is 12.1 Å². The highest BCUT2D eigenvalue weighted by Crippen LogP contribution is 2.28. The van der Waals surface area contributed by atoms with Crippen LogP contribution in [0.4, 0.5) is 9.52 Å². The van der Waals surface area contributed by atoms with E-state index in [0.29, 0.717) is 17.6 Å². The van der Waals surface area contributed by atoms with Crippen molar-refractivity contribution in [3.05, 3.63) is 76.3 Å². The Balaban J connectivity index is 1.34. The molecule has 7 heteroatoms. The molecule has 5 nitrogen and oxygen atoms in total. The fourth-order valence-electron chi connectivity index (χ4n) is 3.95. The molecule has 2 aromatic heterocycles. The number of anilines is 1. The van der Waals surface area contributed by atoms with E-state index in [2.05, 4.69) is 27.3 Å². The smallest absolute Gasteiger partial charge is 0.240 e. The number of hydrogen-bond acceptors (Lipinski definition) is 5. The Hall–Kier alpha value is -2.64. The molecule has 0 saturated carbocycles. The molecule has 1 aromatic carbocycles. The number of halogens is 1. The second kappa shape index (κ2) is 9.45. The summed E-state index contributed by atoms with van der Waals surface area (Å²) in [5.74, 6) is 0.172. The molecule has 1 saturated heterocycles. The number of hydrogen-bond donors (Lipinski definition) is 1. The topological polar surface area (TPSA) is 58.1 Å². The lowest BCUT2D eigenvalue weighted by molar-refractivity contribution is -0.117. The van der Waals surface area contributed by atoms with E-state index in [4.69, 9.17) is 4.98 Å². The fraction of sp³-hybridized carbons (Fsp3) is 0.348. The van der Waals surface area contributed by atoms with Gasteiger partial charge in [-0.05, 0) is 74.7 Å². The maximum absolute atomic E-state index is 13.2. The zero-order chi connectivity index (χ0) is 20.9. The molecule has 0 unspecified atom stereocenters. The maximum Gasteiger partial charge on any atom is 0.240 e. The first-order valence-electron chi connectivity index (χ1n) is 10.2. The van der Waals surface area contributed by atoms with Crippen molar-refractivity contribution in [3.63, 3.8) is 0 Å². The number of aryl methyl sites for hydroxylation is 1. The van der Waals surface area contributed by atoms with Gasteiger partial charge in [-0.25, -0.2) is 9.37 Å². The number of carbonyl (C=O) groups is 1. The van der Waals surface area contributed by atoms with Crippen molar-refractivity contribution >= 4 is 22.4 Å². The van der Waals surface area contributed by atoms with Crippen molar-refractivity contribution in [2.24, 2.45) is 0 Å². The van der Waals surface area contributed by atoms with Gasteiger partial charge in [0.05, 0.1) is 6.54 Å². The minimum atomic E-state index is -0.211. The molecule has 0 aliphatic carbocycles. The summed E-state index contributed by atoms with van der Waals surface area (Å²) in [5.41, 5.74) is 4.43. The molecule has 0 radical (unpaired) electrons. The van der Waals surface area contributed by atoms with Crippen molar-refractivity contribution in [2.45, 2.75) is 32.1 Å². The van der Waals surface area contributed by atoms with Crippen molar-refractivity contribution in [2.75, 3.05) is 25.0 Å². The van der Waals surface area contributed by atoms with Gasteiger partial charge in [0.25, 0.3) is 0 Å². The first kappa shape index (κ1) is 20.6. The number of rotatable bonds is 6. The van der Waals surface area contributed by atoms with Gasteiger partial charge in [-0.3, -0.25) is 14.7 Å². The van der Waals surface area contributed by atoms with Crippen LogP contribution in [0.2, 0.25) is 0 Å². The summed E-state index contributed by atoms with van der Waals surface area (Å²) in [6, 6.07) is 11.0. The summed E-state index contributed by atoms with van der Waals surface area (Å²) in [6.45, 7) is 4.16. The number of nitrogens with zero attached hydrogens (tertiary/aromatic N) is 3. The van der Waals surface area contributed by atoms with Gasteiger partial charge < -0.3 is 5.32 Å². The Kier molecular flexibility index (Phi) is 6.50. The number of piperidine rings is 1. The Morgan fingerprint density at radius 1 is 1.20 bits per heavy atom. The summed E-state index contributed by atoms with van der Waals surface area (Å²) in [7, 11) is 0. The third-order valence-corrected chi connectivity index (χ3v) is 6.09. The molecular formula is C23H25FN4OS. The number of benzene rings is 1. The highest BCUT2D eigenvalue weighted by Gasteiger charge is 2.23. The van der Waals surface area contributed by atoms with Crippen LogP contribution >= 0.6 is 11.3 Å². The molecule has 4 rings (SSSR count). The molecule has 1 amide bonds. The molecule has 3 aromatic rings. The lowest BCUT2D eigenvalue weighted by Gasteiger charge is -2.31. The van der Waals surface area contributed by atoms with E-state index in [1.165, 1.54) is 29.0 Å². The zero-order valence-electron chi connectivity index (χ0n) is 17.0. The van der Waals surface area contributed by atoms with E-state index in [0.717, 1.165) is 49.3 Å². The van der Waals surface area contributed by atoms with Crippen LogP contribution in [0.1, 0.15) is 41.3 Å². The van der Waals surface area contributed by atoms with Gasteiger partial charge in [0.1, 0.15) is 5.82 Å². The van der Waals surface area contributed by atoms with Gasteiger partial charge in [0.15, 0.2) is 5.13 Å². The average Bonchev–Trinajstić information content (AvgIpc) is 3.23. The molecule has 1 aliphatic heterocycles. The minimum Gasteiger partial charge on any atom is -0.301 e. The SMILES string of the molecule is Cc1cc(Cc2ccc(F)cc2)cc(C2CCN(CC(=O)Nc3nccs3)CC2)n1. The van der Waals surface area contributed by atoms with Crippen LogP contribution in [0.3, 0.4) is 0 Å². The molecule has 1 N–H and O–H groups in total. The minimum absolute atomic E-state index is 0.0151. The van der Waals surface area contributed by atoms with Crippen LogP contribution in [0.15, 0.2) is 48.0 Å². The zero-order valence-corrected chi connectivity index (χ0v) is 17.8. The predicted molar refractivity (Wildman–Crippen MR) is 117 cm³/mol. The van der Waals surface area contributed by atoms with Gasteiger partial charge in [0.2, 0.25) is 5.91 Å². The second-order valence-electron chi connectivity index (χ2n) is 7.78. The van der Waals surface area contributed by atoms with Crippen LogP contribution in [-0.4, -0.2) is 40.4 Å². The second-order valence-corrected chi connectivity index (χ2v) is 8.68. The third kappa shape index (κ3) is 5.49. The largest absolute Gasteiger partial charge is 0.301 e. The Morgan fingerprint density at radius 2 is 1.97 bits per heavy atom. The summed E-state index contributed by atoms with van der Waals surface area (Å²) < 4.78 is 13.2. The third-order valence-electron chi connectivity index (χ3n) is 5.41. The Morgan fingerprint density at radius 3 is 2.67 bits per heavy atom.